The molecule has 25 heavy (non-hydrogen) atoms. The maximum Gasteiger partial charge on any atom is 0.371 e. The quantitative estimate of drug-likeness (QED) is 0.625. The van der Waals surface area contributed by atoms with Crippen LogP contribution in [0.5, 0.6) is 0 Å². The average Bonchev–Trinajstić information content (AvgIpc) is 2.95. The third-order valence-electron chi connectivity index (χ3n) is 2.93. The minimum absolute atomic E-state index is 0.0962. The average molecular weight is 386 g/mol. The number of carboxylic acids is 1. The van der Waals surface area contributed by atoms with E-state index in [1.807, 2.05) is 0 Å². The number of carbonyl (C=O) groups is 2. The van der Waals surface area contributed by atoms with Crippen molar-refractivity contribution in [3.8, 4) is 0 Å². The summed E-state index contributed by atoms with van der Waals surface area (Å²) in [5, 5.41) is 16.2. The Kier molecular flexibility index (Phi) is 5.72. The van der Waals surface area contributed by atoms with E-state index in [0.29, 0.717) is 5.69 Å². The highest BCUT2D eigenvalue weighted by Gasteiger charge is 2.14. The van der Waals surface area contributed by atoms with Gasteiger partial charge in [0.25, 0.3) is 0 Å². The molecule has 0 aliphatic rings. The molecule has 0 spiro atoms. The lowest BCUT2D eigenvalue weighted by atomic mass is 10.3. The zero-order valence-corrected chi connectivity index (χ0v) is 14.3. The van der Waals surface area contributed by atoms with Gasteiger partial charge in [0.15, 0.2) is 0 Å². The molecule has 0 bridgehead atoms. The highest BCUT2D eigenvalue weighted by molar-refractivity contribution is 7.89. The maximum absolute atomic E-state index is 11.9. The summed E-state index contributed by atoms with van der Waals surface area (Å²) in [6.45, 7) is 0. The molecule has 4 N–H and O–H groups in total. The summed E-state index contributed by atoms with van der Waals surface area (Å²) in [6, 6.07) is 7.79. The van der Waals surface area contributed by atoms with Crippen molar-refractivity contribution in [2.45, 2.75) is 10.6 Å². The SMILES string of the molecule is NS(=O)(=O)c1ccc(NC(=O)CS(=O)Cc2ccc(C(=O)O)o2)cc1. The van der Waals surface area contributed by atoms with Crippen molar-refractivity contribution in [3.05, 3.63) is 47.9 Å². The van der Waals surface area contributed by atoms with E-state index >= 15 is 0 Å². The molecule has 0 saturated heterocycles. The Morgan fingerprint density at radius 2 is 1.80 bits per heavy atom. The lowest BCUT2D eigenvalue weighted by molar-refractivity contribution is -0.113. The summed E-state index contributed by atoms with van der Waals surface area (Å²) in [7, 11) is -5.43. The van der Waals surface area contributed by atoms with Gasteiger partial charge >= 0.3 is 5.97 Å². The molecule has 1 aromatic carbocycles. The standard InChI is InChI=1S/C14H14N2O7S2/c15-25(21,22)11-4-1-9(2-5-11)16-13(17)8-24(20)7-10-3-6-12(23-10)14(18)19/h1-6H,7-8H2,(H,16,17)(H,18,19)(H2,15,21,22). The normalized spacial score (nSPS) is 12.5. The number of primary sulfonamides is 1. The molecule has 0 saturated carbocycles. The van der Waals surface area contributed by atoms with Gasteiger partial charge in [0.1, 0.15) is 11.5 Å². The second kappa shape index (κ2) is 7.59. The van der Waals surface area contributed by atoms with Crippen LogP contribution in [0.2, 0.25) is 0 Å². The first-order valence-electron chi connectivity index (χ1n) is 6.75. The van der Waals surface area contributed by atoms with Gasteiger partial charge in [-0.15, -0.1) is 0 Å². The largest absolute Gasteiger partial charge is 0.475 e. The number of anilines is 1. The Morgan fingerprint density at radius 1 is 1.16 bits per heavy atom. The van der Waals surface area contributed by atoms with Crippen LogP contribution >= 0.6 is 0 Å². The summed E-state index contributed by atoms with van der Waals surface area (Å²) in [6.07, 6.45) is 0. The molecule has 9 nitrogen and oxygen atoms in total. The Morgan fingerprint density at radius 3 is 2.32 bits per heavy atom. The number of nitrogens with two attached hydrogens (primary N) is 1. The summed E-state index contributed by atoms with van der Waals surface area (Å²) in [4.78, 5) is 22.4. The lowest BCUT2D eigenvalue weighted by Gasteiger charge is -2.06. The summed E-state index contributed by atoms with van der Waals surface area (Å²) < 4.78 is 39.2. The number of carbonyl (C=O) groups excluding carboxylic acids is 1. The fourth-order valence-corrected chi connectivity index (χ4v) is 3.31. The van der Waals surface area contributed by atoms with E-state index in [2.05, 4.69) is 5.32 Å². The third-order valence-corrected chi connectivity index (χ3v) is 5.05. The van der Waals surface area contributed by atoms with Crippen molar-refractivity contribution in [3.63, 3.8) is 0 Å². The van der Waals surface area contributed by atoms with Gasteiger partial charge < -0.3 is 14.8 Å². The van der Waals surface area contributed by atoms with E-state index in [1.165, 1.54) is 36.4 Å². The molecule has 1 amide bonds. The fraction of sp³-hybridized carbons (Fsp3) is 0.143. The maximum atomic E-state index is 11.9. The fourth-order valence-electron chi connectivity index (χ4n) is 1.85. The number of rotatable bonds is 7. The van der Waals surface area contributed by atoms with Gasteiger partial charge in [-0.3, -0.25) is 9.00 Å². The van der Waals surface area contributed by atoms with E-state index in [-0.39, 0.29) is 27.9 Å². The number of amides is 1. The summed E-state index contributed by atoms with van der Waals surface area (Å²) in [5.74, 6) is -2.30. The molecule has 0 aliphatic carbocycles. The molecule has 0 aliphatic heterocycles. The van der Waals surface area contributed by atoms with Gasteiger partial charge in [-0.2, -0.15) is 0 Å². The number of aromatic carboxylic acids is 1. The van der Waals surface area contributed by atoms with Crippen molar-refractivity contribution in [1.82, 2.24) is 0 Å². The van der Waals surface area contributed by atoms with Crippen LogP contribution in [0.3, 0.4) is 0 Å². The van der Waals surface area contributed by atoms with Gasteiger partial charge in [-0.05, 0) is 36.4 Å². The zero-order valence-electron chi connectivity index (χ0n) is 12.7. The topological polar surface area (TPSA) is 157 Å². The predicted octanol–water partition coefficient (Wildman–Crippen LogP) is 0.513. The van der Waals surface area contributed by atoms with Gasteiger partial charge in [0.2, 0.25) is 21.7 Å². The second-order valence-corrected chi connectivity index (χ2v) is 7.94. The molecule has 11 heteroatoms. The van der Waals surface area contributed by atoms with Gasteiger partial charge in [-0.1, -0.05) is 0 Å². The van der Waals surface area contributed by atoms with Crippen LogP contribution < -0.4 is 10.5 Å². The van der Waals surface area contributed by atoms with E-state index in [0.717, 1.165) is 0 Å². The van der Waals surface area contributed by atoms with Crippen LogP contribution in [-0.4, -0.2) is 35.4 Å². The van der Waals surface area contributed by atoms with Crippen molar-refractivity contribution in [2.24, 2.45) is 5.14 Å². The molecule has 2 aromatic rings. The number of sulfonamides is 1. The third kappa shape index (κ3) is 5.52. The number of carboxylic acid groups (broad SMARTS) is 1. The highest BCUT2D eigenvalue weighted by atomic mass is 32.2. The van der Waals surface area contributed by atoms with E-state index in [4.69, 9.17) is 14.7 Å². The van der Waals surface area contributed by atoms with Crippen LogP contribution in [0, 0.1) is 0 Å². The summed E-state index contributed by atoms with van der Waals surface area (Å²) in [5.41, 5.74) is 0.320. The Labute approximate surface area is 145 Å². The number of nitrogens with one attached hydrogen (secondary N) is 1. The van der Waals surface area contributed by atoms with Crippen LogP contribution in [0.25, 0.3) is 0 Å². The van der Waals surface area contributed by atoms with E-state index in [9.17, 15) is 22.2 Å². The summed E-state index contributed by atoms with van der Waals surface area (Å²) >= 11 is 0. The molecule has 1 atom stereocenters. The molecule has 1 unspecified atom stereocenters. The lowest BCUT2D eigenvalue weighted by Crippen LogP contribution is -2.20. The van der Waals surface area contributed by atoms with Crippen molar-refractivity contribution in [1.29, 1.82) is 0 Å². The van der Waals surface area contributed by atoms with Crippen LogP contribution in [-0.2, 0) is 31.4 Å². The van der Waals surface area contributed by atoms with E-state index < -0.39 is 32.7 Å². The molecule has 1 heterocycles. The highest BCUT2D eigenvalue weighted by Crippen LogP contribution is 2.13. The van der Waals surface area contributed by atoms with Gasteiger partial charge in [0.05, 0.1) is 10.6 Å². The molecule has 0 fully saturated rings. The number of benzene rings is 1. The van der Waals surface area contributed by atoms with Crippen molar-refractivity contribution in [2.75, 3.05) is 11.1 Å². The number of hydrogen-bond acceptors (Lipinski definition) is 6. The first-order valence-corrected chi connectivity index (χ1v) is 9.78. The molecule has 2 rings (SSSR count). The minimum atomic E-state index is -3.82. The molecular weight excluding hydrogens is 372 g/mol. The van der Waals surface area contributed by atoms with Gasteiger partial charge in [0, 0.05) is 16.5 Å². The van der Waals surface area contributed by atoms with Crippen LogP contribution in [0.4, 0.5) is 5.69 Å². The molecule has 134 valence electrons. The minimum Gasteiger partial charge on any atom is -0.475 e. The smallest absolute Gasteiger partial charge is 0.371 e. The Bertz CT molecular complexity index is 917. The number of hydrogen-bond donors (Lipinski definition) is 3. The van der Waals surface area contributed by atoms with Crippen molar-refractivity contribution >= 4 is 38.4 Å². The first-order chi connectivity index (χ1) is 11.6. The zero-order chi connectivity index (χ0) is 18.6. The molecular formula is C14H14N2O7S2. The Hall–Kier alpha value is -2.50. The second-order valence-electron chi connectivity index (χ2n) is 4.92. The van der Waals surface area contributed by atoms with Crippen LogP contribution in [0.1, 0.15) is 16.3 Å². The Balaban J connectivity index is 1.90. The van der Waals surface area contributed by atoms with Gasteiger partial charge in [-0.25, -0.2) is 18.4 Å². The molecule has 1 aromatic heterocycles. The van der Waals surface area contributed by atoms with E-state index in [1.54, 1.807) is 0 Å². The first kappa shape index (κ1) is 18.8. The predicted molar refractivity (Wildman–Crippen MR) is 88.8 cm³/mol. The van der Waals surface area contributed by atoms with Crippen LogP contribution in [0.15, 0.2) is 45.7 Å². The monoisotopic (exact) mass is 386 g/mol. The number of furan rings is 1. The molecule has 0 radical (unpaired) electrons. The van der Waals surface area contributed by atoms with Crippen molar-refractivity contribution < 1.29 is 31.7 Å².